The molecule has 268 valence electrons. The van der Waals surface area contributed by atoms with E-state index >= 15 is 0 Å². The van der Waals surface area contributed by atoms with Gasteiger partial charge in [-0.3, -0.25) is 29.8 Å². The van der Waals surface area contributed by atoms with Crippen LogP contribution in [0, 0.1) is 20.2 Å². The number of Topliss-reactive ketones (excluding diaryl/α,β-unsaturated/α-hetero) is 2. The van der Waals surface area contributed by atoms with E-state index in [1.54, 1.807) is 48.5 Å². The third kappa shape index (κ3) is 10.2. The molecule has 0 amide bonds. The zero-order chi connectivity index (χ0) is 38.5. The van der Waals surface area contributed by atoms with Gasteiger partial charge < -0.3 is 9.47 Å². The Morgan fingerprint density at radius 2 is 0.741 bits per heavy atom. The molecular weight excluding hydrogens is 692 g/mol. The molecule has 0 aliphatic heterocycles. The predicted octanol–water partition coefficient (Wildman–Crippen LogP) is 8.48. The Balaban J connectivity index is 0.000000208. The summed E-state index contributed by atoms with van der Waals surface area (Å²) >= 11 is 0. The summed E-state index contributed by atoms with van der Waals surface area (Å²) in [4.78, 5) is 70.2. The summed E-state index contributed by atoms with van der Waals surface area (Å²) in [6, 6.07) is 41.7. The van der Waals surface area contributed by atoms with Gasteiger partial charge in [-0.2, -0.15) is 0 Å². The predicted molar refractivity (Wildman–Crippen MR) is 198 cm³/mol. The quantitative estimate of drug-likeness (QED) is 0.0392. The fourth-order valence-electron chi connectivity index (χ4n) is 5.08. The number of para-hydroxylation sites is 2. The van der Waals surface area contributed by atoms with Gasteiger partial charge in [-0.05, 0) is 59.7 Å². The molecule has 0 saturated carbocycles. The van der Waals surface area contributed by atoms with Crippen LogP contribution in [-0.4, -0.2) is 33.4 Å². The number of carbonyl (C=O) groups is 4. The van der Waals surface area contributed by atoms with Crippen LogP contribution in [0.4, 0.5) is 11.4 Å². The molecule has 12 heteroatoms. The van der Waals surface area contributed by atoms with Crippen molar-refractivity contribution in [2.45, 2.75) is 12.8 Å². The van der Waals surface area contributed by atoms with E-state index in [-0.39, 0.29) is 58.4 Å². The molecule has 0 aliphatic rings. The minimum Gasteiger partial charge on any atom is -0.422 e. The maximum atomic E-state index is 12.6. The molecule has 12 nitrogen and oxygen atoms in total. The second kappa shape index (κ2) is 18.1. The lowest BCUT2D eigenvalue weighted by molar-refractivity contribution is -0.385. The fourth-order valence-corrected chi connectivity index (χ4v) is 5.08. The number of nitro groups is 2. The first-order chi connectivity index (χ1) is 26.1. The van der Waals surface area contributed by atoms with Crippen LogP contribution in [0.25, 0.3) is 0 Å². The Labute approximate surface area is 308 Å². The fraction of sp³-hybridized carbons (Fsp3) is 0.0476. The zero-order valence-electron chi connectivity index (χ0n) is 28.4. The summed E-state index contributed by atoms with van der Waals surface area (Å²) in [5.74, 6) is -1.42. The van der Waals surface area contributed by atoms with E-state index in [2.05, 4.69) is 0 Å². The summed E-state index contributed by atoms with van der Waals surface area (Å²) in [5, 5.41) is 21.4. The standard InChI is InChI=1S/2C21H15NO5/c2*23-19(14-15-6-2-1-3-7-15)18-8-4-5-9-20(18)27-21(24)16-10-12-17(13-11-16)22(25)26/h2*1-13H,14H2. The number of ketones is 2. The van der Waals surface area contributed by atoms with E-state index < -0.39 is 21.8 Å². The second-order valence-corrected chi connectivity index (χ2v) is 11.6. The van der Waals surface area contributed by atoms with Gasteiger partial charge in [0, 0.05) is 37.1 Å². The summed E-state index contributed by atoms with van der Waals surface area (Å²) in [7, 11) is 0. The molecule has 0 N–H and O–H groups in total. The number of esters is 2. The van der Waals surface area contributed by atoms with Gasteiger partial charge in [0.15, 0.2) is 11.6 Å². The summed E-state index contributed by atoms with van der Waals surface area (Å²) in [6.07, 6.45) is 0.375. The van der Waals surface area contributed by atoms with Gasteiger partial charge in [0.25, 0.3) is 11.4 Å². The summed E-state index contributed by atoms with van der Waals surface area (Å²) in [5.41, 5.74) is 2.40. The van der Waals surface area contributed by atoms with Crippen molar-refractivity contribution in [3.05, 3.63) is 211 Å². The highest BCUT2D eigenvalue weighted by molar-refractivity contribution is 6.02. The molecule has 6 aromatic rings. The van der Waals surface area contributed by atoms with Gasteiger partial charge >= 0.3 is 11.9 Å². The highest BCUT2D eigenvalue weighted by Gasteiger charge is 2.19. The van der Waals surface area contributed by atoms with Crippen LogP contribution < -0.4 is 9.47 Å². The molecule has 6 aromatic carbocycles. The van der Waals surface area contributed by atoms with Gasteiger partial charge in [-0.25, -0.2) is 9.59 Å². The van der Waals surface area contributed by atoms with E-state index in [0.717, 1.165) is 11.1 Å². The van der Waals surface area contributed by atoms with E-state index in [1.165, 1.54) is 48.5 Å². The van der Waals surface area contributed by atoms with Gasteiger partial charge in [0.1, 0.15) is 11.5 Å². The number of ether oxygens (including phenoxy) is 2. The molecule has 0 saturated heterocycles. The van der Waals surface area contributed by atoms with Crippen molar-refractivity contribution in [1.82, 2.24) is 0 Å². The molecule has 6 rings (SSSR count). The largest absolute Gasteiger partial charge is 0.422 e. The SMILES string of the molecule is O=C(Oc1ccccc1C(=O)Cc1ccccc1)c1ccc([N+](=O)[O-])cc1.O=C(Oc1ccccc1C(=O)Cc1ccccc1)c1ccc([N+](=O)[O-])cc1. The lowest BCUT2D eigenvalue weighted by atomic mass is 10.0. The Kier molecular flexibility index (Phi) is 12.6. The highest BCUT2D eigenvalue weighted by atomic mass is 16.6. The average Bonchev–Trinajstić information content (AvgIpc) is 3.19. The normalized spacial score (nSPS) is 10.2. The molecule has 0 fully saturated rings. The number of rotatable bonds is 12. The lowest BCUT2D eigenvalue weighted by Crippen LogP contribution is -2.12. The molecule has 54 heavy (non-hydrogen) atoms. The number of nitrogens with zero attached hydrogens (tertiary/aromatic N) is 2. The molecule has 0 heterocycles. The number of hydrogen-bond donors (Lipinski definition) is 0. The van der Waals surface area contributed by atoms with Crippen LogP contribution in [0.3, 0.4) is 0 Å². The molecule has 0 aromatic heterocycles. The van der Waals surface area contributed by atoms with Gasteiger partial charge in [-0.15, -0.1) is 0 Å². The summed E-state index contributed by atoms with van der Waals surface area (Å²) in [6.45, 7) is 0. The lowest BCUT2D eigenvalue weighted by Gasteiger charge is -2.09. The van der Waals surface area contributed by atoms with Crippen molar-refractivity contribution < 1.29 is 38.5 Å². The number of non-ortho nitro benzene ring substituents is 2. The second-order valence-electron chi connectivity index (χ2n) is 11.6. The third-order valence-corrected chi connectivity index (χ3v) is 7.82. The Bertz CT molecular complexity index is 2130. The average molecular weight is 723 g/mol. The topological polar surface area (TPSA) is 173 Å². The minimum absolute atomic E-state index is 0.120. The minimum atomic E-state index is -0.690. The van der Waals surface area contributed by atoms with Crippen molar-refractivity contribution in [3.8, 4) is 11.5 Å². The molecule has 0 unspecified atom stereocenters. The van der Waals surface area contributed by atoms with Gasteiger partial charge in [-0.1, -0.05) is 84.9 Å². The molecule has 0 radical (unpaired) electrons. The Morgan fingerprint density at radius 1 is 0.426 bits per heavy atom. The Morgan fingerprint density at radius 3 is 1.07 bits per heavy atom. The van der Waals surface area contributed by atoms with Crippen molar-refractivity contribution in [2.75, 3.05) is 0 Å². The first-order valence-corrected chi connectivity index (χ1v) is 16.3. The molecule has 0 atom stereocenters. The van der Waals surface area contributed by atoms with Crippen LogP contribution in [-0.2, 0) is 12.8 Å². The first kappa shape index (κ1) is 37.7. The van der Waals surface area contributed by atoms with Crippen molar-refractivity contribution in [1.29, 1.82) is 0 Å². The van der Waals surface area contributed by atoms with Crippen LogP contribution in [0.5, 0.6) is 11.5 Å². The maximum Gasteiger partial charge on any atom is 0.343 e. The Hall–Kier alpha value is -7.60. The van der Waals surface area contributed by atoms with Crippen LogP contribution in [0.15, 0.2) is 158 Å². The molecular formula is C42H30N2O10. The van der Waals surface area contributed by atoms with Crippen LogP contribution in [0.2, 0.25) is 0 Å². The van der Waals surface area contributed by atoms with Gasteiger partial charge in [0.2, 0.25) is 0 Å². The van der Waals surface area contributed by atoms with E-state index in [9.17, 15) is 39.4 Å². The highest BCUT2D eigenvalue weighted by Crippen LogP contribution is 2.24. The molecule has 0 bridgehead atoms. The number of hydrogen-bond acceptors (Lipinski definition) is 10. The number of benzene rings is 6. The molecule has 0 aliphatic carbocycles. The van der Waals surface area contributed by atoms with Gasteiger partial charge in [0.05, 0.1) is 32.1 Å². The van der Waals surface area contributed by atoms with E-state index in [1.807, 2.05) is 60.7 Å². The van der Waals surface area contributed by atoms with Crippen molar-refractivity contribution in [2.24, 2.45) is 0 Å². The summed E-state index contributed by atoms with van der Waals surface area (Å²) < 4.78 is 10.7. The van der Waals surface area contributed by atoms with Crippen LogP contribution in [0.1, 0.15) is 52.6 Å². The zero-order valence-corrected chi connectivity index (χ0v) is 28.4. The third-order valence-electron chi connectivity index (χ3n) is 7.82. The number of nitro benzene ring substituents is 2. The van der Waals surface area contributed by atoms with Crippen molar-refractivity contribution >= 4 is 34.9 Å². The van der Waals surface area contributed by atoms with Crippen molar-refractivity contribution in [3.63, 3.8) is 0 Å². The smallest absolute Gasteiger partial charge is 0.343 e. The van der Waals surface area contributed by atoms with E-state index in [0.29, 0.717) is 11.1 Å². The molecule has 0 spiro atoms. The monoisotopic (exact) mass is 722 g/mol. The van der Waals surface area contributed by atoms with E-state index in [4.69, 9.17) is 9.47 Å². The maximum absolute atomic E-state index is 12.6. The van der Waals surface area contributed by atoms with Crippen LogP contribution >= 0.6 is 0 Å². The first-order valence-electron chi connectivity index (χ1n) is 16.3. The number of carbonyl (C=O) groups excluding carboxylic acids is 4.